The molecule has 4 heteroatoms. The first-order valence-corrected chi connectivity index (χ1v) is 5.94. The van der Waals surface area contributed by atoms with Gasteiger partial charge in [0, 0.05) is 12.5 Å². The van der Waals surface area contributed by atoms with E-state index in [1.807, 2.05) is 0 Å². The molecular formula is C15H14F2O2. The third kappa shape index (κ3) is 3.76. The SMILES string of the molecule is Oc1ccc(CC(O)Cc2ccc(F)cc2F)cc1. The molecule has 1 atom stereocenters. The van der Waals surface area contributed by atoms with Gasteiger partial charge in [-0.05, 0) is 35.7 Å². The van der Waals surface area contributed by atoms with Crippen LogP contribution in [0.1, 0.15) is 11.1 Å². The normalized spacial score (nSPS) is 12.4. The van der Waals surface area contributed by atoms with Gasteiger partial charge in [-0.25, -0.2) is 8.78 Å². The zero-order chi connectivity index (χ0) is 13.8. The van der Waals surface area contributed by atoms with Crippen molar-refractivity contribution in [3.63, 3.8) is 0 Å². The van der Waals surface area contributed by atoms with Crippen LogP contribution in [0.2, 0.25) is 0 Å². The molecule has 0 saturated carbocycles. The summed E-state index contributed by atoms with van der Waals surface area (Å²) in [4.78, 5) is 0. The lowest BCUT2D eigenvalue weighted by Gasteiger charge is -2.11. The Bertz CT molecular complexity index is 553. The minimum Gasteiger partial charge on any atom is -0.508 e. The summed E-state index contributed by atoms with van der Waals surface area (Å²) in [6.07, 6.45) is -0.297. The summed E-state index contributed by atoms with van der Waals surface area (Å²) in [6.45, 7) is 0. The van der Waals surface area contributed by atoms with Gasteiger partial charge in [-0.2, -0.15) is 0 Å². The van der Waals surface area contributed by atoms with Crippen LogP contribution in [-0.4, -0.2) is 16.3 Å². The fourth-order valence-electron chi connectivity index (χ4n) is 1.92. The van der Waals surface area contributed by atoms with Gasteiger partial charge in [-0.3, -0.25) is 0 Å². The number of hydrogen-bond acceptors (Lipinski definition) is 2. The third-order valence-electron chi connectivity index (χ3n) is 2.88. The summed E-state index contributed by atoms with van der Waals surface area (Å²) in [6, 6.07) is 9.76. The van der Waals surface area contributed by atoms with E-state index in [2.05, 4.69) is 0 Å². The molecule has 0 bridgehead atoms. The Morgan fingerprint density at radius 3 is 2.26 bits per heavy atom. The number of hydrogen-bond donors (Lipinski definition) is 2. The Morgan fingerprint density at radius 2 is 1.63 bits per heavy atom. The van der Waals surface area contributed by atoms with Crippen LogP contribution >= 0.6 is 0 Å². The Labute approximate surface area is 110 Å². The quantitative estimate of drug-likeness (QED) is 0.891. The number of halogens is 2. The average Bonchev–Trinajstić information content (AvgIpc) is 2.36. The van der Waals surface area contributed by atoms with Crippen LogP contribution in [0.5, 0.6) is 5.75 Å². The molecule has 0 aliphatic carbocycles. The van der Waals surface area contributed by atoms with Gasteiger partial charge in [-0.15, -0.1) is 0 Å². The first-order chi connectivity index (χ1) is 9.04. The number of rotatable bonds is 4. The van der Waals surface area contributed by atoms with Gasteiger partial charge in [0.25, 0.3) is 0 Å². The molecule has 0 aromatic heterocycles. The van der Waals surface area contributed by atoms with Crippen LogP contribution in [0, 0.1) is 11.6 Å². The molecule has 0 fully saturated rings. The van der Waals surface area contributed by atoms with Gasteiger partial charge in [0.2, 0.25) is 0 Å². The molecule has 19 heavy (non-hydrogen) atoms. The van der Waals surface area contributed by atoms with Crippen LogP contribution < -0.4 is 0 Å². The van der Waals surface area contributed by atoms with E-state index in [-0.39, 0.29) is 17.7 Å². The first-order valence-electron chi connectivity index (χ1n) is 5.94. The summed E-state index contributed by atoms with van der Waals surface area (Å²) in [5.41, 5.74) is 1.13. The van der Waals surface area contributed by atoms with E-state index < -0.39 is 17.7 Å². The van der Waals surface area contributed by atoms with Gasteiger partial charge in [0.05, 0.1) is 6.10 Å². The van der Waals surface area contributed by atoms with Crippen LogP contribution in [0.15, 0.2) is 42.5 Å². The maximum Gasteiger partial charge on any atom is 0.129 e. The molecular weight excluding hydrogens is 250 g/mol. The molecule has 2 aromatic carbocycles. The molecule has 1 unspecified atom stereocenters. The predicted molar refractivity (Wildman–Crippen MR) is 67.9 cm³/mol. The number of aliphatic hydroxyl groups is 1. The number of benzene rings is 2. The molecule has 0 spiro atoms. The van der Waals surface area contributed by atoms with Crippen molar-refractivity contribution >= 4 is 0 Å². The highest BCUT2D eigenvalue weighted by Crippen LogP contribution is 2.15. The van der Waals surface area contributed by atoms with E-state index in [0.29, 0.717) is 6.42 Å². The van der Waals surface area contributed by atoms with Crippen molar-refractivity contribution in [3.05, 3.63) is 65.2 Å². The zero-order valence-electron chi connectivity index (χ0n) is 10.2. The fourth-order valence-corrected chi connectivity index (χ4v) is 1.92. The molecule has 2 rings (SSSR count). The summed E-state index contributed by atoms with van der Waals surface area (Å²) < 4.78 is 26.2. The van der Waals surface area contributed by atoms with E-state index in [4.69, 9.17) is 5.11 Å². The predicted octanol–water partition coefficient (Wildman–Crippen LogP) is 2.82. The minimum atomic E-state index is -0.760. The molecule has 100 valence electrons. The molecule has 0 aliphatic rings. The van der Waals surface area contributed by atoms with Crippen molar-refractivity contribution < 1.29 is 19.0 Å². The second kappa shape index (κ2) is 5.80. The lowest BCUT2D eigenvalue weighted by Crippen LogP contribution is -2.14. The minimum absolute atomic E-state index is 0.118. The molecule has 0 radical (unpaired) electrons. The summed E-state index contributed by atoms with van der Waals surface area (Å²) in [7, 11) is 0. The second-order valence-electron chi connectivity index (χ2n) is 4.46. The molecule has 0 amide bonds. The molecule has 2 N–H and O–H groups in total. The van der Waals surface area contributed by atoms with Gasteiger partial charge in [0.15, 0.2) is 0 Å². The molecule has 2 nitrogen and oxygen atoms in total. The topological polar surface area (TPSA) is 40.5 Å². The number of phenols is 1. The van der Waals surface area contributed by atoms with Gasteiger partial charge in [-0.1, -0.05) is 18.2 Å². The van der Waals surface area contributed by atoms with Crippen molar-refractivity contribution in [2.75, 3.05) is 0 Å². The first kappa shape index (κ1) is 13.5. The van der Waals surface area contributed by atoms with Crippen LogP contribution in [0.25, 0.3) is 0 Å². The standard InChI is InChI=1S/C15H14F2O2/c16-12-4-3-11(15(17)9-12)8-14(19)7-10-1-5-13(18)6-2-10/h1-6,9,14,18-19H,7-8H2. The Morgan fingerprint density at radius 1 is 0.947 bits per heavy atom. The summed E-state index contributed by atoms with van der Waals surface area (Å²) in [5.74, 6) is -1.12. The van der Waals surface area contributed by atoms with Crippen molar-refractivity contribution in [2.24, 2.45) is 0 Å². The van der Waals surface area contributed by atoms with Gasteiger partial charge >= 0.3 is 0 Å². The van der Waals surface area contributed by atoms with Gasteiger partial charge in [0.1, 0.15) is 17.4 Å². The summed E-state index contributed by atoms with van der Waals surface area (Å²) >= 11 is 0. The Balaban J connectivity index is 2.01. The zero-order valence-corrected chi connectivity index (χ0v) is 10.2. The van der Waals surface area contributed by atoms with Crippen LogP contribution in [0.4, 0.5) is 8.78 Å². The monoisotopic (exact) mass is 264 g/mol. The van der Waals surface area contributed by atoms with E-state index in [9.17, 15) is 13.9 Å². The average molecular weight is 264 g/mol. The maximum absolute atomic E-state index is 13.4. The Hall–Kier alpha value is -1.94. The number of phenolic OH excluding ortho intramolecular Hbond substituents is 1. The van der Waals surface area contributed by atoms with Crippen LogP contribution in [0.3, 0.4) is 0 Å². The summed E-state index contributed by atoms with van der Waals surface area (Å²) in [5, 5.41) is 19.0. The van der Waals surface area contributed by atoms with E-state index in [1.165, 1.54) is 24.3 Å². The van der Waals surface area contributed by atoms with Crippen molar-refractivity contribution in [3.8, 4) is 5.75 Å². The number of aromatic hydroxyl groups is 1. The van der Waals surface area contributed by atoms with E-state index in [0.717, 1.165) is 11.6 Å². The largest absolute Gasteiger partial charge is 0.508 e. The Kier molecular flexibility index (Phi) is 4.12. The fraction of sp³-hybridized carbons (Fsp3) is 0.200. The van der Waals surface area contributed by atoms with E-state index >= 15 is 0 Å². The van der Waals surface area contributed by atoms with E-state index in [1.54, 1.807) is 12.1 Å². The van der Waals surface area contributed by atoms with Gasteiger partial charge < -0.3 is 10.2 Å². The smallest absolute Gasteiger partial charge is 0.129 e. The highest BCUT2D eigenvalue weighted by Gasteiger charge is 2.11. The second-order valence-corrected chi connectivity index (χ2v) is 4.46. The highest BCUT2D eigenvalue weighted by molar-refractivity contribution is 5.27. The maximum atomic E-state index is 13.4. The van der Waals surface area contributed by atoms with Crippen molar-refractivity contribution in [1.82, 2.24) is 0 Å². The molecule has 0 aliphatic heterocycles. The molecule has 0 heterocycles. The van der Waals surface area contributed by atoms with Crippen molar-refractivity contribution in [2.45, 2.75) is 18.9 Å². The molecule has 0 saturated heterocycles. The highest BCUT2D eigenvalue weighted by atomic mass is 19.1. The van der Waals surface area contributed by atoms with Crippen LogP contribution in [-0.2, 0) is 12.8 Å². The van der Waals surface area contributed by atoms with Crippen molar-refractivity contribution in [1.29, 1.82) is 0 Å². The third-order valence-corrected chi connectivity index (χ3v) is 2.88. The number of aliphatic hydroxyl groups excluding tert-OH is 1. The lowest BCUT2D eigenvalue weighted by atomic mass is 10.0. The molecule has 2 aromatic rings. The lowest BCUT2D eigenvalue weighted by molar-refractivity contribution is 0.174.